The molecule has 0 aromatic rings. The molecule has 0 aromatic heterocycles. The molecule has 0 radical (unpaired) electrons. The Labute approximate surface area is 108 Å². The minimum atomic E-state index is 0.652. The summed E-state index contributed by atoms with van der Waals surface area (Å²) in [6.07, 6.45) is 4.10. The van der Waals surface area contributed by atoms with E-state index < -0.39 is 0 Å². The highest BCUT2D eigenvalue weighted by molar-refractivity contribution is 4.92. The summed E-state index contributed by atoms with van der Waals surface area (Å²) in [6, 6.07) is 2.11. The van der Waals surface area contributed by atoms with Crippen molar-refractivity contribution in [1.29, 1.82) is 0 Å². The maximum absolute atomic E-state index is 3.66. The number of likely N-dealkylation sites (N-methyl/N-ethyl adjacent to an activating group) is 3. The quantitative estimate of drug-likeness (QED) is 0.733. The van der Waals surface area contributed by atoms with E-state index in [1.807, 2.05) is 0 Å². The molecular formula is C14H31N3. The van der Waals surface area contributed by atoms with Crippen LogP contribution in [0.25, 0.3) is 0 Å². The van der Waals surface area contributed by atoms with Crippen molar-refractivity contribution in [2.75, 3.05) is 33.7 Å². The largest absolute Gasteiger partial charge is 0.313 e. The van der Waals surface area contributed by atoms with E-state index >= 15 is 0 Å². The summed E-state index contributed by atoms with van der Waals surface area (Å²) in [4.78, 5) is 4.99. The third-order valence-electron chi connectivity index (χ3n) is 3.93. The van der Waals surface area contributed by atoms with Gasteiger partial charge in [-0.15, -0.1) is 0 Å². The van der Waals surface area contributed by atoms with Crippen molar-refractivity contribution >= 4 is 0 Å². The van der Waals surface area contributed by atoms with Crippen LogP contribution in [0.5, 0.6) is 0 Å². The Balaban J connectivity index is 2.58. The van der Waals surface area contributed by atoms with E-state index in [0.717, 1.165) is 19.1 Å². The molecule has 0 saturated heterocycles. The highest BCUT2D eigenvalue weighted by atomic mass is 15.2. The smallest absolute Gasteiger partial charge is 0.0252 e. The van der Waals surface area contributed by atoms with Gasteiger partial charge in [0, 0.05) is 24.7 Å². The average molecular weight is 241 g/mol. The molecule has 102 valence electrons. The third-order valence-corrected chi connectivity index (χ3v) is 3.93. The normalized spacial score (nSPS) is 27.0. The van der Waals surface area contributed by atoms with Crippen molar-refractivity contribution in [2.24, 2.45) is 0 Å². The molecule has 0 bridgehead atoms. The van der Waals surface area contributed by atoms with Gasteiger partial charge in [0.2, 0.25) is 0 Å². The Morgan fingerprint density at radius 3 is 2.47 bits per heavy atom. The van der Waals surface area contributed by atoms with Gasteiger partial charge in [-0.2, -0.15) is 0 Å². The van der Waals surface area contributed by atoms with Crippen LogP contribution >= 0.6 is 0 Å². The van der Waals surface area contributed by atoms with Gasteiger partial charge in [-0.05, 0) is 47.0 Å². The Hall–Kier alpha value is -0.120. The fourth-order valence-electron chi connectivity index (χ4n) is 3.34. The van der Waals surface area contributed by atoms with Crippen molar-refractivity contribution in [3.8, 4) is 0 Å². The summed E-state index contributed by atoms with van der Waals surface area (Å²) in [5.41, 5.74) is 0. The molecule has 0 aromatic carbocycles. The molecule has 1 rings (SSSR count). The fraction of sp³-hybridized carbons (Fsp3) is 1.00. The predicted molar refractivity (Wildman–Crippen MR) is 75.5 cm³/mol. The lowest BCUT2D eigenvalue weighted by molar-refractivity contribution is 0.113. The van der Waals surface area contributed by atoms with Crippen LogP contribution in [0.1, 0.15) is 40.0 Å². The summed E-state index contributed by atoms with van der Waals surface area (Å²) in [5.74, 6) is 0. The first-order chi connectivity index (χ1) is 8.10. The maximum Gasteiger partial charge on any atom is 0.0252 e. The van der Waals surface area contributed by atoms with Crippen molar-refractivity contribution < 1.29 is 0 Å². The molecule has 1 aliphatic rings. The van der Waals surface area contributed by atoms with Crippen LogP contribution in [0, 0.1) is 0 Å². The molecule has 0 heterocycles. The Kier molecular flexibility index (Phi) is 6.45. The molecule has 1 saturated carbocycles. The van der Waals surface area contributed by atoms with E-state index in [0.29, 0.717) is 12.1 Å². The second-order valence-electron chi connectivity index (χ2n) is 5.60. The second-order valence-corrected chi connectivity index (χ2v) is 5.60. The number of nitrogens with one attached hydrogen (secondary N) is 1. The van der Waals surface area contributed by atoms with Gasteiger partial charge in [0.05, 0.1) is 0 Å². The lowest BCUT2D eigenvalue weighted by Gasteiger charge is -2.38. The van der Waals surface area contributed by atoms with Gasteiger partial charge >= 0.3 is 0 Å². The van der Waals surface area contributed by atoms with Gasteiger partial charge in [-0.3, -0.25) is 4.90 Å². The molecule has 3 atom stereocenters. The zero-order valence-corrected chi connectivity index (χ0v) is 12.4. The van der Waals surface area contributed by atoms with Crippen LogP contribution in [0.3, 0.4) is 0 Å². The molecule has 3 heteroatoms. The van der Waals surface area contributed by atoms with E-state index in [1.165, 1.54) is 25.8 Å². The van der Waals surface area contributed by atoms with E-state index in [1.54, 1.807) is 0 Å². The molecule has 0 amide bonds. The fourth-order valence-corrected chi connectivity index (χ4v) is 3.34. The molecule has 17 heavy (non-hydrogen) atoms. The Morgan fingerprint density at radius 2 is 1.94 bits per heavy atom. The van der Waals surface area contributed by atoms with Gasteiger partial charge in [-0.25, -0.2) is 0 Å². The van der Waals surface area contributed by atoms with Crippen molar-refractivity contribution in [1.82, 2.24) is 15.1 Å². The first-order valence-corrected chi connectivity index (χ1v) is 7.24. The molecule has 0 spiro atoms. The number of hydrogen-bond donors (Lipinski definition) is 1. The number of rotatable bonds is 7. The van der Waals surface area contributed by atoms with Gasteiger partial charge < -0.3 is 10.2 Å². The first kappa shape index (κ1) is 14.9. The maximum atomic E-state index is 3.66. The zero-order valence-electron chi connectivity index (χ0n) is 12.4. The van der Waals surface area contributed by atoms with E-state index in [2.05, 4.69) is 50.0 Å². The Morgan fingerprint density at radius 1 is 1.24 bits per heavy atom. The summed E-state index contributed by atoms with van der Waals surface area (Å²) < 4.78 is 0. The van der Waals surface area contributed by atoms with E-state index in [4.69, 9.17) is 0 Å². The third kappa shape index (κ3) is 4.23. The SMILES string of the molecule is CCNC1CCCC1N(CC)C(C)CN(C)C. The van der Waals surface area contributed by atoms with Gasteiger partial charge in [0.25, 0.3) is 0 Å². The lowest BCUT2D eigenvalue weighted by Crippen LogP contribution is -2.52. The van der Waals surface area contributed by atoms with Crippen LogP contribution in [-0.4, -0.2) is 61.7 Å². The van der Waals surface area contributed by atoms with Crippen LogP contribution in [-0.2, 0) is 0 Å². The zero-order chi connectivity index (χ0) is 12.8. The molecular weight excluding hydrogens is 210 g/mol. The molecule has 3 nitrogen and oxygen atoms in total. The van der Waals surface area contributed by atoms with Crippen molar-refractivity contribution in [2.45, 2.75) is 58.2 Å². The summed E-state index contributed by atoms with van der Waals surface area (Å²) in [7, 11) is 4.33. The summed E-state index contributed by atoms with van der Waals surface area (Å²) >= 11 is 0. The average Bonchev–Trinajstić information content (AvgIpc) is 2.67. The first-order valence-electron chi connectivity index (χ1n) is 7.24. The monoisotopic (exact) mass is 241 g/mol. The van der Waals surface area contributed by atoms with E-state index in [9.17, 15) is 0 Å². The van der Waals surface area contributed by atoms with Gasteiger partial charge in [0.15, 0.2) is 0 Å². The minimum absolute atomic E-state index is 0.652. The van der Waals surface area contributed by atoms with Crippen LogP contribution in [0.15, 0.2) is 0 Å². The minimum Gasteiger partial charge on any atom is -0.313 e. The summed E-state index contributed by atoms with van der Waals surface area (Å²) in [5, 5.41) is 3.66. The van der Waals surface area contributed by atoms with Crippen LogP contribution in [0.4, 0.5) is 0 Å². The van der Waals surface area contributed by atoms with Crippen LogP contribution < -0.4 is 5.32 Å². The lowest BCUT2D eigenvalue weighted by atomic mass is 10.1. The second kappa shape index (κ2) is 7.34. The van der Waals surface area contributed by atoms with Crippen molar-refractivity contribution in [3.63, 3.8) is 0 Å². The highest BCUT2D eigenvalue weighted by Crippen LogP contribution is 2.25. The topological polar surface area (TPSA) is 18.5 Å². The number of hydrogen-bond acceptors (Lipinski definition) is 3. The van der Waals surface area contributed by atoms with E-state index in [-0.39, 0.29) is 0 Å². The summed E-state index contributed by atoms with van der Waals surface area (Å²) in [6.45, 7) is 10.3. The van der Waals surface area contributed by atoms with Crippen molar-refractivity contribution in [3.05, 3.63) is 0 Å². The molecule has 1 N–H and O–H groups in total. The number of nitrogens with zero attached hydrogens (tertiary/aromatic N) is 2. The molecule has 1 fully saturated rings. The standard InChI is InChI=1S/C14H31N3/c1-6-15-13-9-8-10-14(13)17(7-2)12(3)11-16(4)5/h12-15H,6-11H2,1-5H3. The van der Waals surface area contributed by atoms with Gasteiger partial charge in [0.1, 0.15) is 0 Å². The predicted octanol–water partition coefficient (Wildman–Crippen LogP) is 1.79. The Bertz CT molecular complexity index is 206. The molecule has 3 unspecified atom stereocenters. The van der Waals surface area contributed by atoms with Crippen LogP contribution in [0.2, 0.25) is 0 Å². The molecule has 1 aliphatic carbocycles. The molecule has 0 aliphatic heterocycles. The van der Waals surface area contributed by atoms with Gasteiger partial charge in [-0.1, -0.05) is 20.3 Å². The highest BCUT2D eigenvalue weighted by Gasteiger charge is 2.32.